The van der Waals surface area contributed by atoms with Crippen molar-refractivity contribution < 1.29 is 9.53 Å². The summed E-state index contributed by atoms with van der Waals surface area (Å²) < 4.78 is 5.35. The van der Waals surface area contributed by atoms with E-state index in [2.05, 4.69) is 5.32 Å². The number of rotatable bonds is 2. The maximum atomic E-state index is 12.0. The molecule has 0 spiro atoms. The van der Waals surface area contributed by atoms with E-state index in [-0.39, 0.29) is 5.91 Å². The molecule has 1 N–H and O–H groups in total. The summed E-state index contributed by atoms with van der Waals surface area (Å²) in [5.41, 5.74) is 0.237. The van der Waals surface area contributed by atoms with Crippen molar-refractivity contribution in [2.24, 2.45) is 0 Å². The van der Waals surface area contributed by atoms with E-state index in [1.807, 2.05) is 30.9 Å². The molecule has 5 heteroatoms. The maximum Gasteiger partial charge on any atom is 0.245 e. The van der Waals surface area contributed by atoms with Gasteiger partial charge < -0.3 is 15.0 Å². The SMILES string of the molecule is COc1ccc(Cl)cc1N1CCNC(=O)C1(C)C. The predicted molar refractivity (Wildman–Crippen MR) is 72.4 cm³/mol. The van der Waals surface area contributed by atoms with Crippen LogP contribution in [0.2, 0.25) is 5.02 Å². The van der Waals surface area contributed by atoms with Crippen LogP contribution in [0, 0.1) is 0 Å². The van der Waals surface area contributed by atoms with Crippen LogP contribution in [0.15, 0.2) is 18.2 Å². The lowest BCUT2D eigenvalue weighted by Gasteiger charge is -2.43. The molecule has 1 amide bonds. The molecule has 0 atom stereocenters. The number of hydrogen-bond acceptors (Lipinski definition) is 3. The van der Waals surface area contributed by atoms with E-state index in [1.165, 1.54) is 0 Å². The van der Waals surface area contributed by atoms with E-state index in [0.717, 1.165) is 18.0 Å². The molecule has 0 radical (unpaired) electrons. The zero-order valence-electron chi connectivity index (χ0n) is 10.8. The van der Waals surface area contributed by atoms with Crippen LogP contribution < -0.4 is 15.0 Å². The topological polar surface area (TPSA) is 41.6 Å². The second kappa shape index (κ2) is 4.69. The first-order chi connectivity index (χ1) is 8.46. The first kappa shape index (κ1) is 13.0. The molecule has 1 aromatic carbocycles. The largest absolute Gasteiger partial charge is 0.495 e. The molecule has 1 fully saturated rings. The van der Waals surface area contributed by atoms with Gasteiger partial charge in [0.1, 0.15) is 11.3 Å². The highest BCUT2D eigenvalue weighted by molar-refractivity contribution is 6.31. The zero-order valence-corrected chi connectivity index (χ0v) is 11.5. The Balaban J connectivity index is 2.46. The van der Waals surface area contributed by atoms with E-state index in [4.69, 9.17) is 16.3 Å². The number of anilines is 1. The molecule has 1 aliphatic rings. The number of halogens is 1. The number of ether oxygens (including phenoxy) is 1. The summed E-state index contributed by atoms with van der Waals surface area (Å²) in [5, 5.41) is 3.50. The third-order valence-corrected chi connectivity index (χ3v) is 3.52. The van der Waals surface area contributed by atoms with Gasteiger partial charge in [-0.2, -0.15) is 0 Å². The molecular weight excluding hydrogens is 252 g/mol. The van der Waals surface area contributed by atoms with E-state index in [9.17, 15) is 4.79 Å². The lowest BCUT2D eigenvalue weighted by molar-refractivity contribution is -0.126. The van der Waals surface area contributed by atoms with Crippen LogP contribution in [0.3, 0.4) is 0 Å². The Hall–Kier alpha value is -1.42. The van der Waals surface area contributed by atoms with Crippen LogP contribution >= 0.6 is 11.6 Å². The Morgan fingerprint density at radius 2 is 2.17 bits per heavy atom. The monoisotopic (exact) mass is 268 g/mol. The van der Waals surface area contributed by atoms with Crippen molar-refractivity contribution in [3.05, 3.63) is 23.2 Å². The molecule has 1 heterocycles. The molecule has 0 saturated carbocycles. The summed E-state index contributed by atoms with van der Waals surface area (Å²) in [6.45, 7) is 5.14. The molecular formula is C13H17ClN2O2. The van der Waals surface area contributed by atoms with Crippen LogP contribution in [-0.4, -0.2) is 31.6 Å². The molecule has 2 rings (SSSR count). The third-order valence-electron chi connectivity index (χ3n) is 3.28. The number of piperazine rings is 1. The third kappa shape index (κ3) is 2.12. The second-order valence-electron chi connectivity index (χ2n) is 4.78. The van der Waals surface area contributed by atoms with Gasteiger partial charge >= 0.3 is 0 Å². The molecule has 0 bridgehead atoms. The highest BCUT2D eigenvalue weighted by Gasteiger charge is 2.38. The first-order valence-corrected chi connectivity index (χ1v) is 6.24. The number of amides is 1. The van der Waals surface area contributed by atoms with E-state index in [1.54, 1.807) is 13.2 Å². The van der Waals surface area contributed by atoms with Crippen LogP contribution in [0.1, 0.15) is 13.8 Å². The van der Waals surface area contributed by atoms with Crippen molar-refractivity contribution >= 4 is 23.2 Å². The Morgan fingerprint density at radius 1 is 1.44 bits per heavy atom. The fourth-order valence-electron chi connectivity index (χ4n) is 2.20. The van der Waals surface area contributed by atoms with Gasteiger partial charge in [0.05, 0.1) is 12.8 Å². The minimum absolute atomic E-state index is 0.00998. The lowest BCUT2D eigenvalue weighted by atomic mass is 9.97. The minimum Gasteiger partial charge on any atom is -0.495 e. The molecule has 0 unspecified atom stereocenters. The summed E-state index contributed by atoms with van der Waals surface area (Å²) in [6, 6.07) is 5.43. The van der Waals surface area contributed by atoms with Gasteiger partial charge in [-0.3, -0.25) is 4.79 Å². The minimum atomic E-state index is -0.615. The molecule has 0 aromatic heterocycles. The number of carbonyl (C=O) groups is 1. The summed E-state index contributed by atoms with van der Waals surface area (Å²) in [6.07, 6.45) is 0. The average molecular weight is 269 g/mol. The van der Waals surface area contributed by atoms with Crippen LogP contribution in [0.5, 0.6) is 5.75 Å². The van der Waals surface area contributed by atoms with Crippen LogP contribution in [0.25, 0.3) is 0 Å². The molecule has 1 saturated heterocycles. The van der Waals surface area contributed by atoms with E-state index < -0.39 is 5.54 Å². The predicted octanol–water partition coefficient (Wildman–Crippen LogP) is 2.06. The highest BCUT2D eigenvalue weighted by Crippen LogP contribution is 2.36. The number of methoxy groups -OCH3 is 1. The van der Waals surface area contributed by atoms with Crippen molar-refractivity contribution in [3.8, 4) is 5.75 Å². The van der Waals surface area contributed by atoms with E-state index >= 15 is 0 Å². The maximum absolute atomic E-state index is 12.0. The molecule has 18 heavy (non-hydrogen) atoms. The highest BCUT2D eigenvalue weighted by atomic mass is 35.5. The second-order valence-corrected chi connectivity index (χ2v) is 5.22. The van der Waals surface area contributed by atoms with Gasteiger partial charge in [0.15, 0.2) is 0 Å². The van der Waals surface area contributed by atoms with Crippen molar-refractivity contribution in [2.45, 2.75) is 19.4 Å². The molecule has 1 aliphatic heterocycles. The van der Waals surface area contributed by atoms with Crippen LogP contribution in [-0.2, 0) is 4.79 Å². The summed E-state index contributed by atoms with van der Waals surface area (Å²) in [7, 11) is 1.61. The number of nitrogens with zero attached hydrogens (tertiary/aromatic N) is 1. The molecule has 0 aliphatic carbocycles. The number of carbonyl (C=O) groups excluding carboxylic acids is 1. The lowest BCUT2D eigenvalue weighted by Crippen LogP contribution is -2.62. The van der Waals surface area contributed by atoms with Crippen LogP contribution in [0.4, 0.5) is 5.69 Å². The number of hydrogen-bond donors (Lipinski definition) is 1. The Morgan fingerprint density at radius 3 is 2.83 bits per heavy atom. The standard InChI is InChI=1S/C13H17ClN2O2/c1-13(2)12(17)15-6-7-16(13)10-8-9(14)4-5-11(10)18-3/h4-5,8H,6-7H2,1-3H3,(H,15,17). The first-order valence-electron chi connectivity index (χ1n) is 5.86. The molecule has 4 nitrogen and oxygen atoms in total. The quantitative estimate of drug-likeness (QED) is 0.893. The van der Waals surface area contributed by atoms with Crippen molar-refractivity contribution in [1.29, 1.82) is 0 Å². The van der Waals surface area contributed by atoms with Gasteiger partial charge in [0.25, 0.3) is 0 Å². The van der Waals surface area contributed by atoms with Crippen molar-refractivity contribution in [1.82, 2.24) is 5.32 Å². The Labute approximate surface area is 112 Å². The summed E-state index contributed by atoms with van der Waals surface area (Å²) in [5.74, 6) is 0.734. The number of benzene rings is 1. The number of nitrogens with one attached hydrogen (secondary N) is 1. The molecule has 1 aromatic rings. The van der Waals surface area contributed by atoms with Gasteiger partial charge in [-0.15, -0.1) is 0 Å². The van der Waals surface area contributed by atoms with Crippen molar-refractivity contribution in [2.75, 3.05) is 25.1 Å². The molecule has 98 valence electrons. The summed E-state index contributed by atoms with van der Waals surface area (Å²) in [4.78, 5) is 14.0. The Bertz CT molecular complexity index is 474. The normalized spacial score (nSPS) is 18.4. The van der Waals surface area contributed by atoms with E-state index in [0.29, 0.717) is 11.6 Å². The van der Waals surface area contributed by atoms with Gasteiger partial charge in [-0.1, -0.05) is 11.6 Å². The smallest absolute Gasteiger partial charge is 0.245 e. The fraction of sp³-hybridized carbons (Fsp3) is 0.462. The van der Waals surface area contributed by atoms with Gasteiger partial charge in [-0.05, 0) is 32.0 Å². The average Bonchev–Trinajstić information content (AvgIpc) is 2.32. The summed E-state index contributed by atoms with van der Waals surface area (Å²) >= 11 is 6.04. The van der Waals surface area contributed by atoms with Gasteiger partial charge in [0.2, 0.25) is 5.91 Å². The zero-order chi connectivity index (χ0) is 13.3. The van der Waals surface area contributed by atoms with Gasteiger partial charge in [0, 0.05) is 18.1 Å². The Kier molecular flexibility index (Phi) is 3.39. The van der Waals surface area contributed by atoms with Crippen molar-refractivity contribution in [3.63, 3.8) is 0 Å². The fourth-order valence-corrected chi connectivity index (χ4v) is 2.36. The van der Waals surface area contributed by atoms with Gasteiger partial charge in [-0.25, -0.2) is 0 Å².